The Morgan fingerprint density at radius 3 is 2.46 bits per heavy atom. The van der Waals surface area contributed by atoms with Gasteiger partial charge in [-0.1, -0.05) is 12.1 Å². The Hall–Kier alpha value is -2.03. The van der Waals surface area contributed by atoms with Crippen LogP contribution < -0.4 is 23.6 Å². The minimum Gasteiger partial charge on any atom is -0.459 e. The molecule has 2 aliphatic heterocycles. The summed E-state index contributed by atoms with van der Waals surface area (Å²) in [5.74, 6) is 1.92. The molecule has 0 amide bonds. The molecule has 7 nitrogen and oxygen atoms in total. The van der Waals surface area contributed by atoms with Crippen LogP contribution in [0.15, 0.2) is 28.7 Å². The summed E-state index contributed by atoms with van der Waals surface area (Å²) in [7, 11) is -4.94. The van der Waals surface area contributed by atoms with E-state index in [0.29, 0.717) is 6.42 Å². The molecule has 1 aromatic rings. The lowest BCUT2D eigenvalue weighted by Gasteiger charge is -2.17. The van der Waals surface area contributed by atoms with E-state index in [1.807, 2.05) is 25.1 Å². The van der Waals surface area contributed by atoms with Crippen LogP contribution in [-0.2, 0) is 6.42 Å². The van der Waals surface area contributed by atoms with Crippen LogP contribution in [0, 0.1) is 17.2 Å². The first kappa shape index (κ1) is 16.8. The summed E-state index contributed by atoms with van der Waals surface area (Å²) in [6, 6.07) is 8.11. The molecule has 4 rings (SSSR count). The van der Waals surface area contributed by atoms with E-state index in [9.17, 15) is 4.79 Å². The number of halogens is 1. The molecule has 0 spiro atoms. The Bertz CT molecular complexity index is 876. The zero-order valence-corrected chi connectivity index (χ0v) is 13.5. The van der Waals surface area contributed by atoms with Crippen molar-refractivity contribution in [2.24, 2.45) is 0 Å². The van der Waals surface area contributed by atoms with Gasteiger partial charge in [0.05, 0.1) is 16.5 Å². The van der Waals surface area contributed by atoms with Crippen LogP contribution in [0.1, 0.15) is 34.7 Å². The maximum absolute atomic E-state index is 12.3. The number of hydrogen-bond donors (Lipinski definition) is 0. The van der Waals surface area contributed by atoms with Crippen molar-refractivity contribution in [3.8, 4) is 11.3 Å². The highest BCUT2D eigenvalue weighted by molar-refractivity contribution is 6.10. The lowest BCUT2D eigenvalue weighted by atomic mass is 9.89. The average Bonchev–Trinajstić information content (AvgIpc) is 2.86. The summed E-state index contributed by atoms with van der Waals surface area (Å²) in [4.78, 5) is 15.6. The number of para-hydroxylation sites is 1. The number of carbonyl (C=O) groups excluding carboxylic acids is 1. The predicted molar refractivity (Wildman–Crippen MR) is 71.4 cm³/mol. The molecule has 24 heavy (non-hydrogen) atoms. The molecule has 3 aliphatic rings. The van der Waals surface area contributed by atoms with Gasteiger partial charge in [0.15, 0.2) is 11.5 Å². The predicted octanol–water partition coefficient (Wildman–Crippen LogP) is -1.58. The number of fused-ring (bicyclic) bond motifs is 5. The highest BCUT2D eigenvalue weighted by Crippen LogP contribution is 2.38. The molecular weight excluding hydrogens is 338 g/mol. The lowest BCUT2D eigenvalue weighted by Crippen LogP contribution is -2.68. The summed E-state index contributed by atoms with van der Waals surface area (Å²) in [5, 5.41) is 1.11. The fourth-order valence-corrected chi connectivity index (χ4v) is 3.10. The monoisotopic (exact) mass is 351 g/mol. The first-order chi connectivity index (χ1) is 11.3. The number of aromatic amines is 1. The minimum atomic E-state index is -4.94. The van der Waals surface area contributed by atoms with Gasteiger partial charge in [0.2, 0.25) is 5.52 Å². The number of nitrogens with one attached hydrogen (secondary N) is 1. The number of hydrogen-bond acceptors (Lipinski definition) is 6. The maximum atomic E-state index is 12.3. The Morgan fingerprint density at radius 2 is 1.75 bits per heavy atom. The SMILES string of the molecule is Cc1oc2c(c3c4ccccc4[nH+]c1-3)C(=O)CCC2.[O-][Cl+3]([O-])([O-])[O-]. The number of Topliss-reactive ketones (excluding diaryl/α,β-unsaturated/α-hetero) is 1. The Morgan fingerprint density at radius 1 is 1.08 bits per heavy atom. The van der Waals surface area contributed by atoms with E-state index in [-0.39, 0.29) is 5.78 Å². The number of benzene rings is 1. The second-order valence-corrected chi connectivity index (χ2v) is 6.29. The van der Waals surface area contributed by atoms with Crippen LogP contribution in [0.25, 0.3) is 22.2 Å². The highest BCUT2D eigenvalue weighted by Gasteiger charge is 2.33. The molecule has 0 atom stereocenters. The number of aryl methyl sites for hydroxylation is 2. The van der Waals surface area contributed by atoms with Gasteiger partial charge in [0.1, 0.15) is 5.76 Å². The van der Waals surface area contributed by atoms with Crippen molar-refractivity contribution in [2.75, 3.05) is 0 Å². The molecule has 126 valence electrons. The molecule has 0 radical (unpaired) electrons. The summed E-state index contributed by atoms with van der Waals surface area (Å²) >= 11 is 0. The summed E-state index contributed by atoms with van der Waals surface area (Å²) in [5.41, 5.74) is 3.85. The quantitative estimate of drug-likeness (QED) is 0.479. The fourth-order valence-electron chi connectivity index (χ4n) is 3.10. The normalized spacial score (nSPS) is 14.5. The molecule has 1 N–H and O–H groups in total. The standard InChI is InChI=1S/C16H13NO2.ClHO4/c1-9-16-14(10-5-2-3-6-11(10)17-16)15-12(18)7-4-8-13(15)19-9;2-1(3,4)5/h2-3,5-6H,4,7-8H2,1H3;(H,2,3,4,5). The molecule has 0 saturated heterocycles. The second-order valence-electron chi connectivity index (χ2n) is 5.53. The smallest absolute Gasteiger partial charge is 0.251 e. The number of carbonyl (C=O) groups is 1. The number of aromatic nitrogens is 1. The van der Waals surface area contributed by atoms with Gasteiger partial charge in [-0.3, -0.25) is 4.79 Å². The summed E-state index contributed by atoms with van der Waals surface area (Å²) in [6.07, 6.45) is 2.38. The van der Waals surface area contributed by atoms with Crippen molar-refractivity contribution in [3.05, 3.63) is 41.3 Å². The van der Waals surface area contributed by atoms with Gasteiger partial charge in [0, 0.05) is 25.8 Å². The third kappa shape index (κ3) is 3.26. The molecule has 1 aliphatic carbocycles. The van der Waals surface area contributed by atoms with Crippen LogP contribution in [0.2, 0.25) is 0 Å². The molecule has 1 aromatic carbocycles. The van der Waals surface area contributed by atoms with Crippen molar-refractivity contribution in [3.63, 3.8) is 0 Å². The zero-order chi connectivity index (χ0) is 17.5. The van der Waals surface area contributed by atoms with Gasteiger partial charge < -0.3 is 4.42 Å². The second kappa shape index (κ2) is 6.12. The minimum absolute atomic E-state index is 0.208. The van der Waals surface area contributed by atoms with Gasteiger partial charge in [-0.2, -0.15) is 0 Å². The third-order valence-electron chi connectivity index (χ3n) is 3.95. The van der Waals surface area contributed by atoms with E-state index >= 15 is 0 Å². The van der Waals surface area contributed by atoms with Crippen molar-refractivity contribution in [2.45, 2.75) is 26.2 Å². The number of H-pyrrole nitrogens is 1. The van der Waals surface area contributed by atoms with E-state index in [1.165, 1.54) is 0 Å². The molecule has 2 heterocycles. The number of rotatable bonds is 0. The van der Waals surface area contributed by atoms with E-state index in [1.54, 1.807) is 0 Å². The van der Waals surface area contributed by atoms with Crippen molar-refractivity contribution in [1.29, 1.82) is 0 Å². The van der Waals surface area contributed by atoms with E-state index in [0.717, 1.165) is 52.1 Å². The first-order valence-electron chi connectivity index (χ1n) is 7.26. The van der Waals surface area contributed by atoms with Gasteiger partial charge in [-0.05, 0) is 12.5 Å². The Kier molecular flexibility index (Phi) is 4.29. The molecule has 0 fully saturated rings. The van der Waals surface area contributed by atoms with E-state index in [4.69, 9.17) is 23.1 Å². The van der Waals surface area contributed by atoms with E-state index < -0.39 is 10.2 Å². The zero-order valence-electron chi connectivity index (χ0n) is 12.8. The largest absolute Gasteiger partial charge is 0.459 e. The van der Waals surface area contributed by atoms with Crippen LogP contribution in [0.4, 0.5) is 0 Å². The van der Waals surface area contributed by atoms with Crippen LogP contribution >= 0.6 is 0 Å². The molecule has 0 unspecified atom stereocenters. The Balaban J connectivity index is 0.000000300. The van der Waals surface area contributed by atoms with Crippen LogP contribution in [0.5, 0.6) is 0 Å². The molecule has 0 bridgehead atoms. The summed E-state index contributed by atoms with van der Waals surface area (Å²) < 4.78 is 39.8. The van der Waals surface area contributed by atoms with Gasteiger partial charge >= 0.3 is 0 Å². The molecule has 0 saturated carbocycles. The first-order valence-corrected chi connectivity index (χ1v) is 8.50. The molecule has 0 aromatic heterocycles. The third-order valence-corrected chi connectivity index (χ3v) is 3.95. The fraction of sp³-hybridized carbons (Fsp3) is 0.250. The molecule has 8 heteroatoms. The van der Waals surface area contributed by atoms with Crippen molar-refractivity contribution in [1.82, 2.24) is 0 Å². The highest BCUT2D eigenvalue weighted by atomic mass is 35.7. The topological polar surface area (TPSA) is 137 Å². The average molecular weight is 352 g/mol. The van der Waals surface area contributed by atoms with Gasteiger partial charge in [-0.25, -0.2) is 23.6 Å². The van der Waals surface area contributed by atoms with Crippen LogP contribution in [-0.4, -0.2) is 5.78 Å². The Labute approximate surface area is 139 Å². The van der Waals surface area contributed by atoms with E-state index in [2.05, 4.69) is 11.1 Å². The van der Waals surface area contributed by atoms with Crippen molar-refractivity contribution < 1.29 is 43.1 Å². The maximum Gasteiger partial charge on any atom is 0.251 e. The molecular formula is C16H14ClNO6. The van der Waals surface area contributed by atoms with Gasteiger partial charge in [0.25, 0.3) is 5.69 Å². The van der Waals surface area contributed by atoms with Crippen molar-refractivity contribution >= 4 is 16.7 Å². The summed E-state index contributed by atoms with van der Waals surface area (Å²) in [6.45, 7) is 1.96. The van der Waals surface area contributed by atoms with Gasteiger partial charge in [-0.15, -0.1) is 10.2 Å². The van der Waals surface area contributed by atoms with Crippen LogP contribution in [0.3, 0.4) is 0 Å². The lowest BCUT2D eigenvalue weighted by molar-refractivity contribution is -2.00. The number of ketones is 1.